The number of carbonyl (C=O) groups excluding carboxylic acids is 1. The van der Waals surface area contributed by atoms with Crippen molar-refractivity contribution in [3.05, 3.63) is 65.5 Å². The molecule has 1 aromatic heterocycles. The molecule has 0 unspecified atom stereocenters. The number of halogens is 1. The number of aromatic nitrogens is 3. The van der Waals surface area contributed by atoms with Gasteiger partial charge in [0.1, 0.15) is 5.82 Å². The number of hydrogen-bond donors (Lipinski definition) is 4. The van der Waals surface area contributed by atoms with Crippen molar-refractivity contribution in [3.8, 4) is 0 Å². The van der Waals surface area contributed by atoms with Crippen LogP contribution in [0.5, 0.6) is 0 Å². The van der Waals surface area contributed by atoms with Crippen molar-refractivity contribution in [2.75, 3.05) is 81.4 Å². The molecule has 1 amide bonds. The number of amides is 1. The Labute approximate surface area is 238 Å². The van der Waals surface area contributed by atoms with E-state index in [2.05, 4.69) is 30.9 Å². The summed E-state index contributed by atoms with van der Waals surface area (Å²) in [6, 6.07) is 13.8. The number of nitrogens with one attached hydrogen (secondary N) is 3. The Bertz CT molecular complexity index is 1210. The molecule has 13 heteroatoms. The third kappa shape index (κ3) is 10.5. The summed E-state index contributed by atoms with van der Waals surface area (Å²) >= 11 is 0. The number of rotatable bonds is 16. The van der Waals surface area contributed by atoms with Crippen LogP contribution in [0.2, 0.25) is 0 Å². The van der Waals surface area contributed by atoms with Crippen molar-refractivity contribution >= 4 is 29.4 Å². The van der Waals surface area contributed by atoms with Crippen molar-refractivity contribution in [1.82, 2.24) is 20.3 Å². The van der Waals surface area contributed by atoms with Gasteiger partial charge in [0.2, 0.25) is 23.8 Å². The number of nitrogens with two attached hydrogens (primary N) is 1. The van der Waals surface area contributed by atoms with Gasteiger partial charge in [0.15, 0.2) is 0 Å². The first-order valence-electron chi connectivity index (χ1n) is 13.6. The second kappa shape index (κ2) is 16.4. The third-order valence-electron chi connectivity index (χ3n) is 6.06. The Morgan fingerprint density at radius 2 is 1.59 bits per heavy atom. The summed E-state index contributed by atoms with van der Waals surface area (Å²) < 4.78 is 29.4. The lowest BCUT2D eigenvalue weighted by atomic mass is 10.1. The number of carbonyl (C=O) groups is 1. The van der Waals surface area contributed by atoms with Gasteiger partial charge in [-0.1, -0.05) is 24.3 Å². The van der Waals surface area contributed by atoms with E-state index in [9.17, 15) is 9.18 Å². The fourth-order valence-corrected chi connectivity index (χ4v) is 3.94. The third-order valence-corrected chi connectivity index (χ3v) is 6.06. The number of anilines is 4. The molecule has 0 saturated carbocycles. The van der Waals surface area contributed by atoms with Crippen LogP contribution < -0.4 is 26.6 Å². The van der Waals surface area contributed by atoms with Crippen molar-refractivity contribution in [3.63, 3.8) is 0 Å². The zero-order chi connectivity index (χ0) is 28.7. The van der Waals surface area contributed by atoms with E-state index < -0.39 is 0 Å². The minimum absolute atomic E-state index is 0.0850. The molecule has 220 valence electrons. The van der Waals surface area contributed by atoms with Gasteiger partial charge in [-0.15, -0.1) is 0 Å². The van der Waals surface area contributed by atoms with Crippen molar-refractivity contribution in [2.24, 2.45) is 5.73 Å². The highest BCUT2D eigenvalue weighted by Gasteiger charge is 2.17. The zero-order valence-electron chi connectivity index (χ0n) is 23.0. The maximum absolute atomic E-state index is 13.3. The van der Waals surface area contributed by atoms with E-state index in [0.29, 0.717) is 90.2 Å². The first kappa shape index (κ1) is 30.1. The molecule has 0 aliphatic carbocycles. The SMILES string of the molecule is NCCOCCOCCNC(=O)Cc1ccc(Nc2nc(NCc3ccc(F)cc3)nc(N3CCOCC3)n2)cc1. The Balaban J connectivity index is 1.31. The molecule has 12 nitrogen and oxygen atoms in total. The summed E-state index contributed by atoms with van der Waals surface area (Å²) in [7, 11) is 0. The molecule has 41 heavy (non-hydrogen) atoms. The van der Waals surface area contributed by atoms with E-state index >= 15 is 0 Å². The van der Waals surface area contributed by atoms with Gasteiger partial charge in [0, 0.05) is 38.4 Å². The zero-order valence-corrected chi connectivity index (χ0v) is 23.0. The van der Waals surface area contributed by atoms with Crippen LogP contribution in [0, 0.1) is 5.82 Å². The molecule has 2 aromatic carbocycles. The number of ether oxygens (including phenoxy) is 3. The topological polar surface area (TPSA) is 149 Å². The minimum atomic E-state index is -0.285. The largest absolute Gasteiger partial charge is 0.378 e. The molecule has 4 rings (SSSR count). The number of benzene rings is 2. The van der Waals surface area contributed by atoms with E-state index in [0.717, 1.165) is 16.8 Å². The molecular weight excluding hydrogens is 531 g/mol. The van der Waals surface area contributed by atoms with Gasteiger partial charge in [0.25, 0.3) is 0 Å². The Morgan fingerprint density at radius 1 is 0.902 bits per heavy atom. The normalized spacial score (nSPS) is 13.2. The summed E-state index contributed by atoms with van der Waals surface area (Å²) in [6.07, 6.45) is 0.254. The molecule has 1 saturated heterocycles. The Morgan fingerprint density at radius 3 is 2.32 bits per heavy atom. The van der Waals surface area contributed by atoms with E-state index in [1.54, 1.807) is 12.1 Å². The highest BCUT2D eigenvalue weighted by molar-refractivity contribution is 5.78. The number of nitrogens with zero attached hydrogens (tertiary/aromatic N) is 4. The smallest absolute Gasteiger partial charge is 0.233 e. The second-order valence-electron chi connectivity index (χ2n) is 9.22. The average molecular weight is 569 g/mol. The highest BCUT2D eigenvalue weighted by atomic mass is 19.1. The monoisotopic (exact) mass is 568 g/mol. The average Bonchev–Trinajstić information content (AvgIpc) is 2.99. The van der Waals surface area contributed by atoms with Crippen LogP contribution >= 0.6 is 0 Å². The lowest BCUT2D eigenvalue weighted by Gasteiger charge is -2.27. The van der Waals surface area contributed by atoms with Gasteiger partial charge in [-0.25, -0.2) is 4.39 Å². The van der Waals surface area contributed by atoms with Gasteiger partial charge in [-0.05, 0) is 35.4 Å². The molecule has 0 atom stereocenters. The number of hydrogen-bond acceptors (Lipinski definition) is 11. The molecule has 2 heterocycles. The molecule has 0 spiro atoms. The first-order valence-corrected chi connectivity index (χ1v) is 13.6. The van der Waals surface area contributed by atoms with Crippen molar-refractivity contribution in [2.45, 2.75) is 13.0 Å². The van der Waals surface area contributed by atoms with E-state index in [1.807, 2.05) is 29.2 Å². The van der Waals surface area contributed by atoms with Crippen LogP contribution in [0.3, 0.4) is 0 Å². The fraction of sp³-hybridized carbons (Fsp3) is 0.429. The Hall–Kier alpha value is -3.91. The quantitative estimate of drug-likeness (QED) is 0.188. The van der Waals surface area contributed by atoms with Crippen LogP contribution in [0.4, 0.5) is 27.9 Å². The van der Waals surface area contributed by atoms with Crippen LogP contribution in [-0.2, 0) is 32.0 Å². The van der Waals surface area contributed by atoms with Crippen molar-refractivity contribution < 1.29 is 23.4 Å². The van der Waals surface area contributed by atoms with Crippen LogP contribution in [-0.4, -0.2) is 86.7 Å². The lowest BCUT2D eigenvalue weighted by Crippen LogP contribution is -2.37. The highest BCUT2D eigenvalue weighted by Crippen LogP contribution is 2.20. The first-order chi connectivity index (χ1) is 20.1. The summed E-state index contributed by atoms with van der Waals surface area (Å²) in [5.74, 6) is 0.939. The Kier molecular flexibility index (Phi) is 12.0. The molecule has 1 aliphatic heterocycles. The van der Waals surface area contributed by atoms with Crippen LogP contribution in [0.1, 0.15) is 11.1 Å². The van der Waals surface area contributed by atoms with Crippen LogP contribution in [0.15, 0.2) is 48.5 Å². The summed E-state index contributed by atoms with van der Waals surface area (Å²) in [5.41, 5.74) is 7.89. The minimum Gasteiger partial charge on any atom is -0.378 e. The van der Waals surface area contributed by atoms with E-state index in [4.69, 9.17) is 19.9 Å². The molecule has 1 fully saturated rings. The molecule has 5 N–H and O–H groups in total. The predicted octanol–water partition coefficient (Wildman–Crippen LogP) is 1.85. The molecule has 0 bridgehead atoms. The molecule has 3 aromatic rings. The lowest BCUT2D eigenvalue weighted by molar-refractivity contribution is -0.120. The van der Waals surface area contributed by atoms with Crippen LogP contribution in [0.25, 0.3) is 0 Å². The van der Waals surface area contributed by atoms with E-state index in [-0.39, 0.29) is 18.1 Å². The van der Waals surface area contributed by atoms with Gasteiger partial charge in [-0.3, -0.25) is 4.79 Å². The molecular formula is C28H37FN8O4. The standard InChI is InChI=1S/C28H37FN8O4/c29-23-5-1-22(2-6-23)20-32-26-34-27(36-28(35-26)37-11-15-41-16-12-37)33-24-7-3-21(4-8-24)19-25(38)31-10-14-40-18-17-39-13-9-30/h1-8H,9-20,30H2,(H,31,38)(H2,32,33,34,35,36). The summed E-state index contributed by atoms with van der Waals surface area (Å²) in [4.78, 5) is 28.1. The molecule has 1 aliphatic rings. The maximum atomic E-state index is 13.3. The van der Waals surface area contributed by atoms with Gasteiger partial charge in [-0.2, -0.15) is 15.0 Å². The molecule has 0 radical (unpaired) electrons. The second-order valence-corrected chi connectivity index (χ2v) is 9.22. The predicted molar refractivity (Wildman–Crippen MR) is 154 cm³/mol. The van der Waals surface area contributed by atoms with Gasteiger partial charge in [0.05, 0.1) is 46.1 Å². The van der Waals surface area contributed by atoms with E-state index in [1.165, 1.54) is 12.1 Å². The summed E-state index contributed by atoms with van der Waals surface area (Å²) in [6.45, 7) is 5.76. The number of morpholine rings is 1. The van der Waals surface area contributed by atoms with Crippen molar-refractivity contribution in [1.29, 1.82) is 0 Å². The van der Waals surface area contributed by atoms with Gasteiger partial charge >= 0.3 is 0 Å². The maximum Gasteiger partial charge on any atom is 0.233 e. The van der Waals surface area contributed by atoms with Gasteiger partial charge < -0.3 is 40.8 Å². The summed E-state index contributed by atoms with van der Waals surface area (Å²) in [5, 5.41) is 9.29. The fourth-order valence-electron chi connectivity index (χ4n) is 3.94.